The summed E-state index contributed by atoms with van der Waals surface area (Å²) in [5.74, 6) is 0.292. The molecule has 0 radical (unpaired) electrons. The molecular formula is C14H18N2O. The minimum atomic E-state index is 0.292. The average Bonchev–Trinajstić information content (AvgIpc) is 2.96. The zero-order valence-corrected chi connectivity index (χ0v) is 9.98. The van der Waals surface area contributed by atoms with Crippen molar-refractivity contribution in [2.24, 2.45) is 0 Å². The molecule has 17 heavy (non-hydrogen) atoms. The molecule has 1 atom stereocenters. The molecule has 1 aromatic rings. The second-order valence-corrected chi connectivity index (χ2v) is 5.02. The van der Waals surface area contributed by atoms with Gasteiger partial charge in [0.15, 0.2) is 0 Å². The van der Waals surface area contributed by atoms with Crippen LogP contribution in [0, 0.1) is 0 Å². The van der Waals surface area contributed by atoms with E-state index in [1.54, 1.807) is 0 Å². The maximum atomic E-state index is 12.2. The fourth-order valence-corrected chi connectivity index (χ4v) is 2.78. The fraction of sp³-hybridized carbons (Fsp3) is 0.500. The van der Waals surface area contributed by atoms with E-state index >= 15 is 0 Å². The minimum absolute atomic E-state index is 0.292. The highest BCUT2D eigenvalue weighted by atomic mass is 16.2. The predicted octanol–water partition coefficient (Wildman–Crippen LogP) is 1.67. The first-order valence-electron chi connectivity index (χ1n) is 6.41. The number of carbonyl (C=O) groups excluding carboxylic acids is 1. The van der Waals surface area contributed by atoms with Gasteiger partial charge < -0.3 is 10.2 Å². The van der Waals surface area contributed by atoms with E-state index in [0.29, 0.717) is 18.4 Å². The maximum absolute atomic E-state index is 12.2. The van der Waals surface area contributed by atoms with E-state index in [9.17, 15) is 4.79 Å². The molecule has 1 amide bonds. The smallest absolute Gasteiger partial charge is 0.224 e. The normalized spacial score (nSPS) is 22.8. The predicted molar refractivity (Wildman–Crippen MR) is 66.3 cm³/mol. The second kappa shape index (κ2) is 4.49. The lowest BCUT2D eigenvalue weighted by atomic mass is 10.1. The molecule has 1 aromatic carbocycles. The lowest BCUT2D eigenvalue weighted by molar-refractivity contribution is -0.132. The molecule has 0 bridgehead atoms. The van der Waals surface area contributed by atoms with E-state index in [0.717, 1.165) is 26.1 Å². The van der Waals surface area contributed by atoms with Crippen molar-refractivity contribution in [1.29, 1.82) is 0 Å². The molecule has 2 heterocycles. The van der Waals surface area contributed by atoms with Gasteiger partial charge in [0.25, 0.3) is 0 Å². The van der Waals surface area contributed by atoms with Crippen LogP contribution in [0.1, 0.15) is 30.4 Å². The standard InChI is InChI=1S/C14H18N2O/c17-14(8-13-6-3-7-15-13)16-9-11-4-1-2-5-12(11)10-16/h1-2,4-5,13,15H,3,6-10H2. The average molecular weight is 230 g/mol. The highest BCUT2D eigenvalue weighted by Crippen LogP contribution is 2.23. The van der Waals surface area contributed by atoms with Gasteiger partial charge in [-0.2, -0.15) is 0 Å². The van der Waals surface area contributed by atoms with E-state index in [1.807, 2.05) is 17.0 Å². The number of carbonyl (C=O) groups is 1. The molecule has 0 spiro atoms. The lowest BCUT2D eigenvalue weighted by Crippen LogP contribution is -2.32. The molecule has 1 saturated heterocycles. The number of amides is 1. The van der Waals surface area contributed by atoms with Crippen LogP contribution >= 0.6 is 0 Å². The van der Waals surface area contributed by atoms with Gasteiger partial charge in [-0.25, -0.2) is 0 Å². The van der Waals surface area contributed by atoms with Crippen molar-refractivity contribution in [1.82, 2.24) is 10.2 Å². The quantitative estimate of drug-likeness (QED) is 0.838. The summed E-state index contributed by atoms with van der Waals surface area (Å²) in [6.45, 7) is 2.65. The van der Waals surface area contributed by atoms with E-state index in [1.165, 1.54) is 17.5 Å². The van der Waals surface area contributed by atoms with Crippen LogP contribution < -0.4 is 5.32 Å². The molecular weight excluding hydrogens is 212 g/mol. The van der Waals surface area contributed by atoms with Gasteiger partial charge in [0.2, 0.25) is 5.91 Å². The summed E-state index contributed by atoms with van der Waals surface area (Å²) < 4.78 is 0. The summed E-state index contributed by atoms with van der Waals surface area (Å²) >= 11 is 0. The van der Waals surface area contributed by atoms with Gasteiger partial charge in [0.1, 0.15) is 0 Å². The van der Waals surface area contributed by atoms with Gasteiger partial charge in [0, 0.05) is 25.6 Å². The molecule has 0 saturated carbocycles. The Labute approximate surface area is 102 Å². The van der Waals surface area contributed by atoms with Crippen LogP contribution in [0.25, 0.3) is 0 Å². The summed E-state index contributed by atoms with van der Waals surface area (Å²) in [6.07, 6.45) is 3.01. The van der Waals surface area contributed by atoms with E-state index in [4.69, 9.17) is 0 Å². The van der Waals surface area contributed by atoms with Crippen molar-refractivity contribution in [3.05, 3.63) is 35.4 Å². The van der Waals surface area contributed by atoms with Gasteiger partial charge in [-0.1, -0.05) is 24.3 Å². The van der Waals surface area contributed by atoms with Crippen molar-refractivity contribution >= 4 is 5.91 Å². The zero-order chi connectivity index (χ0) is 11.7. The number of hydrogen-bond acceptors (Lipinski definition) is 2. The Morgan fingerprint density at radius 3 is 2.59 bits per heavy atom. The Morgan fingerprint density at radius 2 is 2.00 bits per heavy atom. The molecule has 90 valence electrons. The van der Waals surface area contributed by atoms with Crippen LogP contribution in [0.15, 0.2) is 24.3 Å². The maximum Gasteiger partial charge on any atom is 0.224 e. The summed E-state index contributed by atoms with van der Waals surface area (Å²) in [5, 5.41) is 3.38. The summed E-state index contributed by atoms with van der Waals surface area (Å²) in [5.41, 5.74) is 2.61. The van der Waals surface area contributed by atoms with Crippen LogP contribution in [0.5, 0.6) is 0 Å². The van der Waals surface area contributed by atoms with Crippen LogP contribution in [0.3, 0.4) is 0 Å². The minimum Gasteiger partial charge on any atom is -0.334 e. The summed E-state index contributed by atoms with van der Waals surface area (Å²) in [6, 6.07) is 8.75. The largest absolute Gasteiger partial charge is 0.334 e. The molecule has 1 unspecified atom stereocenters. The number of hydrogen-bond donors (Lipinski definition) is 1. The van der Waals surface area contributed by atoms with Gasteiger partial charge in [-0.05, 0) is 30.5 Å². The topological polar surface area (TPSA) is 32.3 Å². The van der Waals surface area contributed by atoms with Crippen LogP contribution in [0.2, 0.25) is 0 Å². The molecule has 1 fully saturated rings. The van der Waals surface area contributed by atoms with E-state index in [-0.39, 0.29) is 0 Å². The second-order valence-electron chi connectivity index (χ2n) is 5.02. The Bertz CT molecular complexity index is 399. The van der Waals surface area contributed by atoms with Crippen LogP contribution in [0.4, 0.5) is 0 Å². The van der Waals surface area contributed by atoms with Crippen molar-refractivity contribution in [3.8, 4) is 0 Å². The van der Waals surface area contributed by atoms with Gasteiger partial charge in [0.05, 0.1) is 0 Å². The zero-order valence-electron chi connectivity index (χ0n) is 9.98. The summed E-state index contributed by atoms with van der Waals surface area (Å²) in [4.78, 5) is 14.1. The SMILES string of the molecule is O=C(CC1CCCN1)N1Cc2ccccc2C1. The fourth-order valence-electron chi connectivity index (χ4n) is 2.78. The highest BCUT2D eigenvalue weighted by Gasteiger charge is 2.25. The molecule has 3 nitrogen and oxygen atoms in total. The molecule has 3 heteroatoms. The van der Waals surface area contributed by atoms with Gasteiger partial charge >= 0.3 is 0 Å². The Kier molecular flexibility index (Phi) is 2.85. The molecule has 3 rings (SSSR count). The lowest BCUT2D eigenvalue weighted by Gasteiger charge is -2.18. The summed E-state index contributed by atoms with van der Waals surface area (Å²) in [7, 11) is 0. The number of benzene rings is 1. The number of fused-ring (bicyclic) bond motifs is 1. The highest BCUT2D eigenvalue weighted by molar-refractivity contribution is 5.77. The third-order valence-corrected chi connectivity index (χ3v) is 3.78. The van der Waals surface area contributed by atoms with Crippen molar-refractivity contribution in [2.45, 2.75) is 38.4 Å². The Balaban J connectivity index is 1.62. The van der Waals surface area contributed by atoms with Crippen molar-refractivity contribution in [3.63, 3.8) is 0 Å². The Morgan fingerprint density at radius 1 is 1.29 bits per heavy atom. The molecule has 0 aliphatic carbocycles. The first-order valence-corrected chi connectivity index (χ1v) is 6.41. The monoisotopic (exact) mass is 230 g/mol. The number of nitrogens with one attached hydrogen (secondary N) is 1. The first kappa shape index (κ1) is 10.8. The van der Waals surface area contributed by atoms with Crippen molar-refractivity contribution < 1.29 is 4.79 Å². The van der Waals surface area contributed by atoms with Crippen molar-refractivity contribution in [2.75, 3.05) is 6.54 Å². The molecule has 1 N–H and O–H groups in total. The number of nitrogens with zero attached hydrogens (tertiary/aromatic N) is 1. The van der Waals surface area contributed by atoms with Crippen LogP contribution in [-0.2, 0) is 17.9 Å². The third-order valence-electron chi connectivity index (χ3n) is 3.78. The van der Waals surface area contributed by atoms with E-state index in [2.05, 4.69) is 17.4 Å². The Hall–Kier alpha value is -1.35. The third kappa shape index (κ3) is 2.20. The van der Waals surface area contributed by atoms with E-state index < -0.39 is 0 Å². The van der Waals surface area contributed by atoms with Crippen LogP contribution in [-0.4, -0.2) is 23.4 Å². The van der Waals surface area contributed by atoms with Gasteiger partial charge in [-0.3, -0.25) is 4.79 Å². The molecule has 0 aromatic heterocycles. The first-order chi connectivity index (χ1) is 8.33. The molecule has 2 aliphatic rings. The number of rotatable bonds is 2. The van der Waals surface area contributed by atoms with Gasteiger partial charge in [-0.15, -0.1) is 0 Å². The molecule has 2 aliphatic heterocycles.